The Balaban J connectivity index is 1.53. The standard InChI is InChI=1S/C29H32ClN5OSi/c1-21(35-19-25-26(33-35)16-27(30)32-28(25)22-17-31-34(5)18-22)20-36-37(29(2,3)4,23-12-8-6-9-13-23)24-14-10-7-11-15-24/h6-19,21H,20H2,1-5H3/t21-/m0/s1. The Hall–Kier alpha value is -3.26. The molecule has 1 atom stereocenters. The number of halogens is 1. The lowest BCUT2D eigenvalue weighted by atomic mass is 10.1. The summed E-state index contributed by atoms with van der Waals surface area (Å²) >= 11 is 6.37. The summed E-state index contributed by atoms with van der Waals surface area (Å²) in [6.07, 6.45) is 5.77. The number of pyridine rings is 1. The van der Waals surface area contributed by atoms with Gasteiger partial charge in [0.2, 0.25) is 0 Å². The molecule has 0 unspecified atom stereocenters. The van der Waals surface area contributed by atoms with Gasteiger partial charge in [0.05, 0.1) is 30.1 Å². The van der Waals surface area contributed by atoms with Gasteiger partial charge in [-0.05, 0) is 22.3 Å². The van der Waals surface area contributed by atoms with Crippen molar-refractivity contribution in [2.24, 2.45) is 7.05 Å². The zero-order chi connectivity index (χ0) is 26.2. The molecule has 0 amide bonds. The number of rotatable bonds is 7. The minimum absolute atomic E-state index is 0.00502. The molecular formula is C29H32ClN5OSi. The van der Waals surface area contributed by atoms with Crippen molar-refractivity contribution in [3.8, 4) is 11.3 Å². The van der Waals surface area contributed by atoms with Crippen molar-refractivity contribution in [2.45, 2.75) is 38.8 Å². The highest BCUT2D eigenvalue weighted by Crippen LogP contribution is 2.37. The van der Waals surface area contributed by atoms with Gasteiger partial charge in [-0.2, -0.15) is 10.2 Å². The van der Waals surface area contributed by atoms with E-state index in [1.165, 1.54) is 10.4 Å². The molecule has 190 valence electrons. The summed E-state index contributed by atoms with van der Waals surface area (Å²) in [7, 11) is -0.752. The number of aryl methyl sites for hydroxylation is 1. The van der Waals surface area contributed by atoms with Crippen LogP contribution in [-0.2, 0) is 11.5 Å². The molecule has 0 saturated heterocycles. The van der Waals surface area contributed by atoms with Gasteiger partial charge in [0, 0.05) is 36.5 Å². The largest absolute Gasteiger partial charge is 0.405 e. The highest BCUT2D eigenvalue weighted by molar-refractivity contribution is 6.99. The normalized spacial score (nSPS) is 13.2. The Labute approximate surface area is 224 Å². The first-order valence-electron chi connectivity index (χ1n) is 12.5. The number of nitrogens with zero attached hydrogens (tertiary/aromatic N) is 5. The van der Waals surface area contributed by atoms with E-state index in [4.69, 9.17) is 21.1 Å². The van der Waals surface area contributed by atoms with Gasteiger partial charge in [0.15, 0.2) is 0 Å². The summed E-state index contributed by atoms with van der Waals surface area (Å²) in [4.78, 5) is 4.59. The van der Waals surface area contributed by atoms with Crippen LogP contribution in [0.15, 0.2) is 85.3 Å². The van der Waals surface area contributed by atoms with Crippen molar-refractivity contribution in [3.63, 3.8) is 0 Å². The van der Waals surface area contributed by atoms with E-state index in [0.717, 1.165) is 22.2 Å². The minimum Gasteiger partial charge on any atom is -0.405 e. The lowest BCUT2D eigenvalue weighted by Crippen LogP contribution is -2.66. The Morgan fingerprint density at radius 2 is 1.59 bits per heavy atom. The zero-order valence-electron chi connectivity index (χ0n) is 21.9. The van der Waals surface area contributed by atoms with Gasteiger partial charge in [0.1, 0.15) is 5.15 Å². The van der Waals surface area contributed by atoms with Crippen LogP contribution in [0.1, 0.15) is 33.7 Å². The smallest absolute Gasteiger partial charge is 0.261 e. The van der Waals surface area contributed by atoms with E-state index in [-0.39, 0.29) is 11.1 Å². The van der Waals surface area contributed by atoms with Gasteiger partial charge in [-0.1, -0.05) is 93.0 Å². The maximum Gasteiger partial charge on any atom is 0.261 e. The molecule has 37 heavy (non-hydrogen) atoms. The summed E-state index contributed by atoms with van der Waals surface area (Å²) in [6, 6.07) is 23.2. The molecular weight excluding hydrogens is 498 g/mol. The number of benzene rings is 2. The van der Waals surface area contributed by atoms with Crippen molar-refractivity contribution in [3.05, 3.63) is 90.5 Å². The van der Waals surface area contributed by atoms with Crippen LogP contribution in [-0.4, -0.2) is 39.5 Å². The third-order valence-electron chi connectivity index (χ3n) is 6.88. The Morgan fingerprint density at radius 3 is 2.14 bits per heavy atom. The minimum atomic E-state index is -2.64. The average molecular weight is 530 g/mol. The molecule has 0 aliphatic heterocycles. The van der Waals surface area contributed by atoms with Crippen molar-refractivity contribution in [1.29, 1.82) is 0 Å². The number of fused-ring (bicyclic) bond motifs is 1. The first kappa shape index (κ1) is 25.4. The lowest BCUT2D eigenvalue weighted by Gasteiger charge is -2.43. The molecule has 8 heteroatoms. The van der Waals surface area contributed by atoms with E-state index in [1.807, 2.05) is 30.2 Å². The van der Waals surface area contributed by atoms with Crippen LogP contribution in [0.5, 0.6) is 0 Å². The van der Waals surface area contributed by atoms with Gasteiger partial charge < -0.3 is 4.43 Å². The highest BCUT2D eigenvalue weighted by Gasteiger charge is 2.50. The first-order chi connectivity index (χ1) is 17.7. The van der Waals surface area contributed by atoms with Crippen LogP contribution in [0.4, 0.5) is 0 Å². The van der Waals surface area contributed by atoms with Gasteiger partial charge in [-0.25, -0.2) is 4.98 Å². The van der Waals surface area contributed by atoms with E-state index in [1.54, 1.807) is 10.9 Å². The summed E-state index contributed by atoms with van der Waals surface area (Å²) in [5.74, 6) is 0. The van der Waals surface area contributed by atoms with E-state index in [9.17, 15) is 0 Å². The molecule has 0 saturated carbocycles. The average Bonchev–Trinajstić information content (AvgIpc) is 3.50. The van der Waals surface area contributed by atoms with Crippen molar-refractivity contribution >= 4 is 41.2 Å². The lowest BCUT2D eigenvalue weighted by molar-refractivity contribution is 0.238. The van der Waals surface area contributed by atoms with Gasteiger partial charge in [0.25, 0.3) is 8.32 Å². The third kappa shape index (κ3) is 4.74. The summed E-state index contributed by atoms with van der Waals surface area (Å²) in [6.45, 7) is 9.53. The van der Waals surface area contributed by atoms with Crippen LogP contribution >= 0.6 is 11.6 Å². The predicted molar refractivity (Wildman–Crippen MR) is 153 cm³/mol. The van der Waals surface area contributed by atoms with Crippen LogP contribution in [0.2, 0.25) is 10.2 Å². The van der Waals surface area contributed by atoms with E-state index in [2.05, 4.69) is 98.4 Å². The highest BCUT2D eigenvalue weighted by atomic mass is 35.5. The molecule has 6 nitrogen and oxygen atoms in total. The van der Waals surface area contributed by atoms with Crippen LogP contribution < -0.4 is 10.4 Å². The number of hydrogen-bond acceptors (Lipinski definition) is 4. The fraction of sp³-hybridized carbons (Fsp3) is 0.276. The van der Waals surface area contributed by atoms with Gasteiger partial charge in [-0.15, -0.1) is 0 Å². The fourth-order valence-electron chi connectivity index (χ4n) is 5.08. The SMILES string of the molecule is C[C@@H](CO[Si](c1ccccc1)(c1ccccc1)C(C)(C)C)n1cc2c(-c3cnn(C)c3)nc(Cl)cc2n1. The van der Waals surface area contributed by atoms with Crippen molar-refractivity contribution < 1.29 is 4.43 Å². The summed E-state index contributed by atoms with van der Waals surface area (Å²) in [5, 5.41) is 13.0. The molecule has 5 aromatic rings. The maximum absolute atomic E-state index is 7.14. The Morgan fingerprint density at radius 1 is 0.973 bits per heavy atom. The molecule has 3 aromatic heterocycles. The van der Waals surface area contributed by atoms with Crippen LogP contribution in [0.3, 0.4) is 0 Å². The second kappa shape index (κ2) is 9.89. The van der Waals surface area contributed by atoms with Crippen molar-refractivity contribution in [2.75, 3.05) is 6.61 Å². The van der Waals surface area contributed by atoms with E-state index < -0.39 is 8.32 Å². The topological polar surface area (TPSA) is 57.8 Å². The first-order valence-corrected chi connectivity index (χ1v) is 14.8. The second-order valence-corrected chi connectivity index (χ2v) is 15.3. The van der Waals surface area contributed by atoms with E-state index >= 15 is 0 Å². The molecule has 3 heterocycles. The molecule has 0 fully saturated rings. The molecule has 0 spiro atoms. The van der Waals surface area contributed by atoms with Crippen LogP contribution in [0.25, 0.3) is 22.2 Å². The van der Waals surface area contributed by atoms with E-state index in [0.29, 0.717) is 11.8 Å². The number of hydrogen-bond donors (Lipinski definition) is 0. The maximum atomic E-state index is 7.14. The van der Waals surface area contributed by atoms with Gasteiger partial charge in [-0.3, -0.25) is 9.36 Å². The van der Waals surface area contributed by atoms with Gasteiger partial charge >= 0.3 is 0 Å². The Bertz CT molecular complexity index is 1470. The molecule has 2 aromatic carbocycles. The summed E-state index contributed by atoms with van der Waals surface area (Å²) in [5.41, 5.74) is 2.49. The molecule has 0 radical (unpaired) electrons. The Kier molecular flexibility index (Phi) is 6.79. The molecule has 0 N–H and O–H groups in total. The third-order valence-corrected chi connectivity index (χ3v) is 12.1. The van der Waals surface area contributed by atoms with Crippen LogP contribution in [0, 0.1) is 0 Å². The quantitative estimate of drug-likeness (QED) is 0.203. The predicted octanol–water partition coefficient (Wildman–Crippen LogP) is 5.62. The van der Waals surface area contributed by atoms with Crippen molar-refractivity contribution in [1.82, 2.24) is 24.5 Å². The molecule has 0 aliphatic rings. The summed E-state index contributed by atoms with van der Waals surface area (Å²) < 4.78 is 10.9. The zero-order valence-corrected chi connectivity index (χ0v) is 23.6. The fourth-order valence-corrected chi connectivity index (χ4v) is 9.91. The number of aromatic nitrogens is 5. The monoisotopic (exact) mass is 529 g/mol. The molecule has 5 rings (SSSR count). The molecule has 0 aliphatic carbocycles. The second-order valence-electron chi connectivity index (χ2n) is 10.6. The molecule has 0 bridgehead atoms.